The van der Waals surface area contributed by atoms with Crippen molar-refractivity contribution in [2.24, 2.45) is 0 Å². The van der Waals surface area contributed by atoms with Gasteiger partial charge in [-0.05, 0) is 31.2 Å². The molecule has 0 radical (unpaired) electrons. The molecular weight excluding hydrogens is 354 g/mol. The van der Waals surface area contributed by atoms with Crippen molar-refractivity contribution in [1.82, 2.24) is 10.3 Å². The second kappa shape index (κ2) is 7.54. The average Bonchev–Trinajstić information content (AvgIpc) is 2.90. The monoisotopic (exact) mass is 370 g/mol. The topological polar surface area (TPSA) is 68.3 Å². The highest BCUT2D eigenvalue weighted by Crippen LogP contribution is 2.35. The van der Waals surface area contributed by atoms with Crippen LogP contribution in [-0.4, -0.2) is 29.8 Å². The third-order valence-electron chi connectivity index (χ3n) is 4.28. The van der Waals surface area contributed by atoms with E-state index in [1.165, 1.54) is 31.4 Å². The van der Waals surface area contributed by atoms with Gasteiger partial charge in [-0.3, -0.25) is 14.6 Å². The molecule has 1 aromatic heterocycles. The second-order valence-corrected chi connectivity index (χ2v) is 6.02. The fourth-order valence-electron chi connectivity index (χ4n) is 3.08. The van der Waals surface area contributed by atoms with E-state index >= 15 is 0 Å². The summed E-state index contributed by atoms with van der Waals surface area (Å²) in [6.45, 7) is 1.61. The Hall–Kier alpha value is -3.27. The molecule has 138 valence electrons. The molecule has 5 nitrogen and oxygen atoms in total. The summed E-state index contributed by atoms with van der Waals surface area (Å²) in [6, 6.07) is 4.44. The van der Waals surface area contributed by atoms with Crippen LogP contribution in [-0.2, 0) is 16.0 Å². The Balaban J connectivity index is 1.93. The summed E-state index contributed by atoms with van der Waals surface area (Å²) in [5.41, 5.74) is 0.710. The Morgan fingerprint density at radius 1 is 1.26 bits per heavy atom. The van der Waals surface area contributed by atoms with Crippen molar-refractivity contribution in [3.8, 4) is 17.6 Å². The summed E-state index contributed by atoms with van der Waals surface area (Å²) in [4.78, 5) is 29.1. The van der Waals surface area contributed by atoms with E-state index in [1.54, 1.807) is 6.92 Å². The predicted octanol–water partition coefficient (Wildman–Crippen LogP) is 2.13. The van der Waals surface area contributed by atoms with Gasteiger partial charge in [-0.15, -0.1) is 5.92 Å². The summed E-state index contributed by atoms with van der Waals surface area (Å²) in [5.74, 6) is 1.80. The SMILES string of the molecule is CC#Cc1cc(F)c(C2C(=O)NC(Cc3ccc(F)cn3)C2=O)c(OC)c1. The lowest BCUT2D eigenvalue weighted by atomic mass is 9.91. The molecular formula is C20H16F2N2O3. The van der Waals surface area contributed by atoms with Crippen LogP contribution < -0.4 is 10.1 Å². The van der Waals surface area contributed by atoms with Crippen molar-refractivity contribution in [2.75, 3.05) is 7.11 Å². The minimum Gasteiger partial charge on any atom is -0.496 e. The van der Waals surface area contributed by atoms with E-state index in [9.17, 15) is 18.4 Å². The largest absolute Gasteiger partial charge is 0.496 e. The smallest absolute Gasteiger partial charge is 0.236 e. The number of amides is 1. The molecule has 2 aromatic rings. The molecule has 2 unspecified atom stereocenters. The number of benzene rings is 1. The van der Waals surface area contributed by atoms with Crippen LogP contribution in [0.1, 0.15) is 29.7 Å². The van der Waals surface area contributed by atoms with Crippen LogP contribution in [0.5, 0.6) is 5.75 Å². The molecule has 2 heterocycles. The van der Waals surface area contributed by atoms with E-state index in [0.29, 0.717) is 11.3 Å². The number of rotatable bonds is 4. The van der Waals surface area contributed by atoms with Crippen molar-refractivity contribution >= 4 is 11.7 Å². The van der Waals surface area contributed by atoms with Crippen LogP contribution in [0.25, 0.3) is 0 Å². The van der Waals surface area contributed by atoms with Gasteiger partial charge in [0.25, 0.3) is 0 Å². The highest BCUT2D eigenvalue weighted by molar-refractivity contribution is 6.15. The Morgan fingerprint density at radius 2 is 2.04 bits per heavy atom. The first-order chi connectivity index (χ1) is 12.9. The molecule has 3 rings (SSSR count). The van der Waals surface area contributed by atoms with Gasteiger partial charge in [0.2, 0.25) is 5.91 Å². The third kappa shape index (κ3) is 3.65. The summed E-state index contributed by atoms with van der Waals surface area (Å²) >= 11 is 0. The Kier molecular flexibility index (Phi) is 5.17. The van der Waals surface area contributed by atoms with Gasteiger partial charge < -0.3 is 10.1 Å². The molecule has 1 amide bonds. The molecule has 0 aliphatic carbocycles. The summed E-state index contributed by atoms with van der Waals surface area (Å²) < 4.78 is 32.9. The lowest BCUT2D eigenvalue weighted by Gasteiger charge is -2.14. The molecule has 1 aromatic carbocycles. The number of ether oxygens (including phenoxy) is 1. The minimum absolute atomic E-state index is 0.0850. The number of Topliss-reactive ketones (excluding diaryl/α,β-unsaturated/α-hetero) is 1. The molecule has 1 aliphatic rings. The summed E-state index contributed by atoms with van der Waals surface area (Å²) in [6.07, 6.45) is 1.12. The molecule has 7 heteroatoms. The first-order valence-electron chi connectivity index (χ1n) is 8.19. The zero-order valence-electron chi connectivity index (χ0n) is 14.7. The standard InChI is InChI=1S/C20H16F2N2O3/c1-3-4-11-7-14(22)17(16(8-11)27-2)18-19(25)15(24-20(18)26)9-13-6-5-12(21)10-23-13/h5-8,10,15,18H,9H2,1-2H3,(H,24,26). The minimum atomic E-state index is -1.32. The van der Waals surface area contributed by atoms with E-state index in [4.69, 9.17) is 4.74 Å². The maximum atomic E-state index is 14.7. The Bertz CT molecular complexity index is 962. The number of nitrogens with zero attached hydrogens (tertiary/aromatic N) is 1. The number of ketones is 1. The number of carbonyl (C=O) groups excluding carboxylic acids is 2. The van der Waals surface area contributed by atoms with Crippen molar-refractivity contribution in [1.29, 1.82) is 0 Å². The number of hydrogen-bond acceptors (Lipinski definition) is 4. The van der Waals surface area contributed by atoms with E-state index in [1.807, 2.05) is 0 Å². The van der Waals surface area contributed by atoms with Gasteiger partial charge in [0, 0.05) is 23.2 Å². The molecule has 0 bridgehead atoms. The van der Waals surface area contributed by atoms with Gasteiger partial charge in [0.05, 0.1) is 19.3 Å². The maximum Gasteiger partial charge on any atom is 0.236 e. The fraction of sp³-hybridized carbons (Fsp3) is 0.250. The molecule has 2 atom stereocenters. The second-order valence-electron chi connectivity index (χ2n) is 6.02. The summed E-state index contributed by atoms with van der Waals surface area (Å²) in [5, 5.41) is 2.56. The van der Waals surface area contributed by atoms with Crippen LogP contribution in [0.4, 0.5) is 8.78 Å². The molecule has 1 aliphatic heterocycles. The van der Waals surface area contributed by atoms with Crippen LogP contribution in [0.3, 0.4) is 0 Å². The molecule has 0 spiro atoms. The zero-order chi connectivity index (χ0) is 19.6. The number of pyridine rings is 1. The number of carbonyl (C=O) groups is 2. The van der Waals surface area contributed by atoms with Crippen LogP contribution >= 0.6 is 0 Å². The molecule has 1 saturated heterocycles. The molecule has 0 saturated carbocycles. The Labute approximate surface area is 154 Å². The number of methoxy groups -OCH3 is 1. The van der Waals surface area contributed by atoms with Crippen LogP contribution in [0.2, 0.25) is 0 Å². The zero-order valence-corrected chi connectivity index (χ0v) is 14.7. The average molecular weight is 370 g/mol. The van der Waals surface area contributed by atoms with E-state index in [2.05, 4.69) is 22.1 Å². The first-order valence-corrected chi connectivity index (χ1v) is 8.19. The number of aromatic nitrogens is 1. The summed E-state index contributed by atoms with van der Waals surface area (Å²) in [7, 11) is 1.33. The van der Waals surface area contributed by atoms with Gasteiger partial charge in [0.15, 0.2) is 5.78 Å². The fourth-order valence-corrected chi connectivity index (χ4v) is 3.08. The van der Waals surface area contributed by atoms with Crippen molar-refractivity contribution < 1.29 is 23.1 Å². The number of hydrogen-bond donors (Lipinski definition) is 1. The van der Waals surface area contributed by atoms with Gasteiger partial charge in [-0.25, -0.2) is 8.78 Å². The number of halogens is 2. The third-order valence-corrected chi connectivity index (χ3v) is 4.28. The predicted molar refractivity (Wildman–Crippen MR) is 93.1 cm³/mol. The quantitative estimate of drug-likeness (QED) is 0.661. The lowest BCUT2D eigenvalue weighted by molar-refractivity contribution is -0.124. The molecule has 27 heavy (non-hydrogen) atoms. The van der Waals surface area contributed by atoms with Crippen LogP contribution in [0.15, 0.2) is 30.5 Å². The van der Waals surface area contributed by atoms with Gasteiger partial charge in [0.1, 0.15) is 23.3 Å². The molecule has 1 fully saturated rings. The lowest BCUT2D eigenvalue weighted by Crippen LogP contribution is -2.31. The van der Waals surface area contributed by atoms with E-state index < -0.39 is 35.3 Å². The highest BCUT2D eigenvalue weighted by Gasteiger charge is 2.44. The molecule has 1 N–H and O–H groups in total. The Morgan fingerprint density at radius 3 is 2.67 bits per heavy atom. The van der Waals surface area contributed by atoms with Gasteiger partial charge >= 0.3 is 0 Å². The highest BCUT2D eigenvalue weighted by atomic mass is 19.1. The normalized spacial score (nSPS) is 18.7. The van der Waals surface area contributed by atoms with Crippen molar-refractivity contribution in [3.63, 3.8) is 0 Å². The first kappa shape index (κ1) is 18.5. The van der Waals surface area contributed by atoms with E-state index in [0.717, 1.165) is 6.20 Å². The van der Waals surface area contributed by atoms with Gasteiger partial charge in [-0.2, -0.15) is 0 Å². The van der Waals surface area contributed by atoms with Crippen molar-refractivity contribution in [2.45, 2.75) is 25.3 Å². The van der Waals surface area contributed by atoms with Crippen molar-refractivity contribution in [3.05, 3.63) is 58.9 Å². The number of nitrogens with one attached hydrogen (secondary N) is 1. The van der Waals surface area contributed by atoms with Gasteiger partial charge in [-0.1, -0.05) is 5.92 Å². The van der Waals surface area contributed by atoms with Crippen LogP contribution in [0, 0.1) is 23.5 Å². The maximum absolute atomic E-state index is 14.7. The van der Waals surface area contributed by atoms with E-state index in [-0.39, 0.29) is 17.7 Å².